The number of amides is 5. The number of imide groups is 2. The van der Waals surface area contributed by atoms with Crippen LogP contribution in [0, 0.1) is 0 Å². The zero-order chi connectivity index (χ0) is 20.1. The number of carbonyl (C=O) groups excluding carboxylic acids is 5. The number of unbranched alkanes of at least 4 members (excludes halogenated alkanes) is 1. The van der Waals surface area contributed by atoms with Crippen molar-refractivity contribution < 1.29 is 28.7 Å². The lowest BCUT2D eigenvalue weighted by Crippen LogP contribution is -2.43. The second-order valence-electron chi connectivity index (χ2n) is 5.99. The highest BCUT2D eigenvalue weighted by atomic mass is 16.5. The van der Waals surface area contributed by atoms with Gasteiger partial charge in [-0.05, 0) is 31.5 Å². The molecule has 9 heteroatoms. The summed E-state index contributed by atoms with van der Waals surface area (Å²) in [5.74, 6) is -2.48. The van der Waals surface area contributed by atoms with Crippen molar-refractivity contribution in [3.8, 4) is 0 Å². The summed E-state index contributed by atoms with van der Waals surface area (Å²) in [6.45, 7) is 3.58. The van der Waals surface area contributed by atoms with Crippen molar-refractivity contribution >= 4 is 29.7 Å². The van der Waals surface area contributed by atoms with Gasteiger partial charge in [0.1, 0.15) is 0 Å². The van der Waals surface area contributed by atoms with Crippen LogP contribution in [0.3, 0.4) is 0 Å². The molecule has 2 rings (SSSR count). The van der Waals surface area contributed by atoms with E-state index in [1.54, 1.807) is 0 Å². The molecule has 0 radical (unpaired) electrons. The molecule has 1 aromatic carbocycles. The van der Waals surface area contributed by atoms with Gasteiger partial charge >= 0.3 is 12.0 Å². The molecular weight excluding hydrogens is 354 g/mol. The summed E-state index contributed by atoms with van der Waals surface area (Å²) in [5.41, 5.74) is 0.401. The third-order valence-electron chi connectivity index (χ3n) is 4.06. The zero-order valence-electron chi connectivity index (χ0n) is 15.3. The molecule has 2 N–H and O–H groups in total. The van der Waals surface area contributed by atoms with E-state index < -0.39 is 29.9 Å². The number of urea groups is 1. The Labute approximate surface area is 156 Å². The van der Waals surface area contributed by atoms with E-state index >= 15 is 0 Å². The smallest absolute Gasteiger partial charge is 0.338 e. The molecule has 0 bridgehead atoms. The normalized spacial score (nSPS) is 13.8. The molecule has 27 heavy (non-hydrogen) atoms. The topological polar surface area (TPSA) is 122 Å². The average molecular weight is 375 g/mol. The second kappa shape index (κ2) is 8.43. The Hall–Kier alpha value is -3.23. The lowest BCUT2D eigenvalue weighted by molar-refractivity contribution is -0.127. The number of hydrogen-bond acceptors (Lipinski definition) is 6. The van der Waals surface area contributed by atoms with E-state index in [1.165, 1.54) is 32.2 Å². The third-order valence-corrected chi connectivity index (χ3v) is 4.06. The number of esters is 1. The monoisotopic (exact) mass is 375 g/mol. The number of nitrogens with zero attached hydrogens (tertiary/aromatic N) is 1. The molecule has 9 nitrogen and oxygen atoms in total. The molecule has 0 unspecified atom stereocenters. The minimum atomic E-state index is -1.22. The Morgan fingerprint density at radius 3 is 2.44 bits per heavy atom. The highest BCUT2D eigenvalue weighted by Crippen LogP contribution is 2.24. The number of carbonyl (C=O) groups is 5. The van der Waals surface area contributed by atoms with Crippen molar-refractivity contribution in [1.82, 2.24) is 15.5 Å². The molecule has 0 saturated carbocycles. The third kappa shape index (κ3) is 4.30. The van der Waals surface area contributed by atoms with Gasteiger partial charge in [0.25, 0.3) is 17.7 Å². The first-order chi connectivity index (χ1) is 12.8. The first kappa shape index (κ1) is 20.1. The van der Waals surface area contributed by atoms with Crippen LogP contribution >= 0.6 is 0 Å². The molecular formula is C18H21N3O6. The minimum absolute atomic E-state index is 0.0341. The van der Waals surface area contributed by atoms with Crippen LogP contribution in [0.5, 0.6) is 0 Å². The molecule has 0 saturated heterocycles. The molecule has 144 valence electrons. The second-order valence-corrected chi connectivity index (χ2v) is 5.99. The van der Waals surface area contributed by atoms with Gasteiger partial charge in [-0.15, -0.1) is 0 Å². The van der Waals surface area contributed by atoms with Gasteiger partial charge in [-0.3, -0.25) is 24.6 Å². The van der Waals surface area contributed by atoms with Crippen LogP contribution < -0.4 is 10.6 Å². The van der Waals surface area contributed by atoms with E-state index in [0.29, 0.717) is 13.0 Å². The van der Waals surface area contributed by atoms with E-state index in [0.717, 1.165) is 11.3 Å². The molecule has 1 heterocycles. The highest BCUT2D eigenvalue weighted by Gasteiger charge is 2.35. The summed E-state index contributed by atoms with van der Waals surface area (Å²) < 4.78 is 5.02. The Bertz CT molecular complexity index is 804. The largest absolute Gasteiger partial charge is 0.449 e. The summed E-state index contributed by atoms with van der Waals surface area (Å²) in [4.78, 5) is 61.0. The van der Waals surface area contributed by atoms with Crippen molar-refractivity contribution in [2.24, 2.45) is 0 Å². The number of nitrogens with one attached hydrogen (secondary N) is 2. The molecule has 0 spiro atoms. The van der Waals surface area contributed by atoms with E-state index in [9.17, 15) is 24.0 Å². The molecule has 5 amide bonds. The number of benzene rings is 1. The van der Waals surface area contributed by atoms with Gasteiger partial charge in [-0.1, -0.05) is 13.3 Å². The lowest BCUT2D eigenvalue weighted by atomic mass is 10.1. The Kier molecular flexibility index (Phi) is 6.27. The maximum absolute atomic E-state index is 12.4. The Morgan fingerprint density at radius 1 is 1.15 bits per heavy atom. The summed E-state index contributed by atoms with van der Waals surface area (Å²) in [6, 6.07) is 3.32. The van der Waals surface area contributed by atoms with Gasteiger partial charge in [0.2, 0.25) is 0 Å². The number of fused-ring (bicyclic) bond motifs is 1. The Balaban J connectivity index is 2.11. The zero-order valence-corrected chi connectivity index (χ0v) is 15.3. The van der Waals surface area contributed by atoms with Crippen molar-refractivity contribution in [1.29, 1.82) is 0 Å². The number of rotatable bonds is 6. The van der Waals surface area contributed by atoms with Crippen molar-refractivity contribution in [2.75, 3.05) is 13.6 Å². The SMILES string of the molecule is CCCCN1C(=O)c2ccc(C(=O)O[C@@H](C)C(=O)NC(=O)NC)cc2C1=O. The van der Waals surface area contributed by atoms with Crippen LogP contribution in [0.1, 0.15) is 57.8 Å². The van der Waals surface area contributed by atoms with E-state index in [-0.39, 0.29) is 22.6 Å². The number of hydrogen-bond donors (Lipinski definition) is 2. The average Bonchev–Trinajstić information content (AvgIpc) is 2.89. The van der Waals surface area contributed by atoms with Crippen molar-refractivity contribution in [2.45, 2.75) is 32.8 Å². The van der Waals surface area contributed by atoms with Gasteiger partial charge in [0.15, 0.2) is 6.10 Å². The van der Waals surface area contributed by atoms with E-state index in [2.05, 4.69) is 5.32 Å². The van der Waals surface area contributed by atoms with Gasteiger partial charge in [-0.2, -0.15) is 0 Å². The highest BCUT2D eigenvalue weighted by molar-refractivity contribution is 6.22. The first-order valence-electron chi connectivity index (χ1n) is 8.54. The summed E-state index contributed by atoms with van der Waals surface area (Å²) in [6.07, 6.45) is 0.306. The van der Waals surface area contributed by atoms with Crippen LogP contribution in [-0.2, 0) is 9.53 Å². The van der Waals surface area contributed by atoms with Crippen molar-refractivity contribution in [3.05, 3.63) is 34.9 Å². The summed E-state index contributed by atoms with van der Waals surface area (Å²) in [5, 5.41) is 4.20. The molecule has 1 aromatic rings. The predicted molar refractivity (Wildman–Crippen MR) is 94.2 cm³/mol. The first-order valence-corrected chi connectivity index (χ1v) is 8.54. The predicted octanol–water partition coefficient (Wildman–Crippen LogP) is 1.08. The fourth-order valence-corrected chi connectivity index (χ4v) is 2.50. The quantitative estimate of drug-likeness (QED) is 0.567. The Morgan fingerprint density at radius 2 is 1.81 bits per heavy atom. The van der Waals surface area contributed by atoms with Crippen LogP contribution in [-0.4, -0.2) is 54.3 Å². The molecule has 1 aliphatic heterocycles. The standard InChI is InChI=1S/C18H21N3O6/c1-4-5-8-21-15(23)12-7-6-11(9-13(12)16(21)24)17(25)27-10(2)14(22)20-18(26)19-3/h6-7,9-10H,4-5,8H2,1-3H3,(H2,19,20,22,26)/t10-/m0/s1. The molecule has 1 atom stereocenters. The lowest BCUT2D eigenvalue weighted by Gasteiger charge is -2.13. The summed E-state index contributed by atoms with van der Waals surface area (Å²) in [7, 11) is 1.34. The molecule has 1 aliphatic rings. The molecule has 0 aliphatic carbocycles. The van der Waals surface area contributed by atoms with Crippen molar-refractivity contribution in [3.63, 3.8) is 0 Å². The van der Waals surface area contributed by atoms with Crippen LogP contribution in [0.2, 0.25) is 0 Å². The fourth-order valence-electron chi connectivity index (χ4n) is 2.50. The van der Waals surface area contributed by atoms with Crippen LogP contribution in [0.4, 0.5) is 4.79 Å². The van der Waals surface area contributed by atoms with E-state index in [1.807, 2.05) is 12.2 Å². The van der Waals surface area contributed by atoms with Gasteiger partial charge < -0.3 is 10.1 Å². The van der Waals surface area contributed by atoms with Gasteiger partial charge in [-0.25, -0.2) is 9.59 Å². The van der Waals surface area contributed by atoms with Gasteiger partial charge in [0.05, 0.1) is 16.7 Å². The van der Waals surface area contributed by atoms with Gasteiger partial charge in [0, 0.05) is 13.6 Å². The molecule has 0 aromatic heterocycles. The molecule has 0 fully saturated rings. The minimum Gasteiger partial charge on any atom is -0.449 e. The number of ether oxygens (including phenoxy) is 1. The fraction of sp³-hybridized carbons (Fsp3) is 0.389. The van der Waals surface area contributed by atoms with Crippen LogP contribution in [0.15, 0.2) is 18.2 Å². The van der Waals surface area contributed by atoms with Crippen LogP contribution in [0.25, 0.3) is 0 Å². The maximum atomic E-state index is 12.4. The summed E-state index contributed by atoms with van der Waals surface area (Å²) >= 11 is 0. The maximum Gasteiger partial charge on any atom is 0.338 e. The van der Waals surface area contributed by atoms with E-state index in [4.69, 9.17) is 4.74 Å².